The first kappa shape index (κ1) is 15.0. The number of amides is 2. The summed E-state index contributed by atoms with van der Waals surface area (Å²) in [5, 5.41) is 2.38. The summed E-state index contributed by atoms with van der Waals surface area (Å²) < 4.78 is 0.894. The second kappa shape index (κ2) is 5.93. The Bertz CT molecular complexity index is 545. The molecule has 108 valence electrons. The third-order valence-electron chi connectivity index (χ3n) is 3.43. The summed E-state index contributed by atoms with van der Waals surface area (Å²) in [6.07, 6.45) is 0.629. The average molecular weight is 340 g/mol. The van der Waals surface area contributed by atoms with Gasteiger partial charge in [0.25, 0.3) is 0 Å². The lowest BCUT2D eigenvalue weighted by molar-refractivity contribution is -0.132. The molecule has 0 radical (unpaired) electrons. The first-order chi connectivity index (χ1) is 9.43. The van der Waals surface area contributed by atoms with Gasteiger partial charge in [-0.25, -0.2) is 0 Å². The van der Waals surface area contributed by atoms with E-state index < -0.39 is 0 Å². The molecule has 1 fully saturated rings. The van der Waals surface area contributed by atoms with E-state index in [9.17, 15) is 9.59 Å². The van der Waals surface area contributed by atoms with Crippen LogP contribution in [-0.2, 0) is 9.59 Å². The highest BCUT2D eigenvalue weighted by atomic mass is 79.9. The molecule has 0 aromatic heterocycles. The van der Waals surface area contributed by atoms with Crippen molar-refractivity contribution in [3.8, 4) is 0 Å². The Morgan fingerprint density at radius 2 is 2.20 bits per heavy atom. The zero-order chi connectivity index (χ0) is 14.9. The number of piperazine rings is 1. The topological polar surface area (TPSA) is 75.4 Å². The lowest BCUT2D eigenvalue weighted by atomic mass is 10.0. The predicted octanol–water partition coefficient (Wildman–Crippen LogP) is 1.71. The largest absolute Gasteiger partial charge is 0.350 e. The number of rotatable bonds is 3. The second-order valence-corrected chi connectivity index (χ2v) is 5.87. The summed E-state index contributed by atoms with van der Waals surface area (Å²) in [5.41, 5.74) is 7.76. The van der Waals surface area contributed by atoms with Crippen molar-refractivity contribution in [1.82, 2.24) is 5.32 Å². The fourth-order valence-corrected chi connectivity index (χ4v) is 2.83. The van der Waals surface area contributed by atoms with Gasteiger partial charge in [0.15, 0.2) is 0 Å². The summed E-state index contributed by atoms with van der Waals surface area (Å²) in [5.74, 6) is -0.533. The number of nitrogens with one attached hydrogen (secondary N) is 1. The Morgan fingerprint density at radius 1 is 1.50 bits per heavy atom. The maximum Gasteiger partial charge on any atom is 0.249 e. The zero-order valence-electron chi connectivity index (χ0n) is 11.5. The summed E-state index contributed by atoms with van der Waals surface area (Å²) in [4.78, 5) is 25.5. The zero-order valence-corrected chi connectivity index (χ0v) is 13.1. The molecule has 6 heteroatoms. The first-order valence-corrected chi connectivity index (χ1v) is 7.38. The van der Waals surface area contributed by atoms with E-state index in [1.165, 1.54) is 0 Å². The number of hydrogen-bond acceptors (Lipinski definition) is 4. The molecular weight excluding hydrogens is 322 g/mol. The van der Waals surface area contributed by atoms with Crippen LogP contribution in [0.3, 0.4) is 0 Å². The van der Waals surface area contributed by atoms with Crippen molar-refractivity contribution in [2.24, 2.45) is 5.73 Å². The van der Waals surface area contributed by atoms with E-state index in [1.807, 2.05) is 36.9 Å². The molecule has 1 saturated heterocycles. The quantitative estimate of drug-likeness (QED) is 0.822. The van der Waals surface area contributed by atoms with Crippen LogP contribution in [0.4, 0.5) is 5.69 Å². The molecule has 0 spiro atoms. The van der Waals surface area contributed by atoms with Crippen LogP contribution >= 0.6 is 15.9 Å². The van der Waals surface area contributed by atoms with Gasteiger partial charge >= 0.3 is 0 Å². The summed E-state index contributed by atoms with van der Waals surface area (Å²) in [6.45, 7) is 3.98. The summed E-state index contributed by atoms with van der Waals surface area (Å²) in [6, 6.07) is 5.23. The maximum atomic E-state index is 12.0. The van der Waals surface area contributed by atoms with E-state index >= 15 is 0 Å². The lowest BCUT2D eigenvalue weighted by Crippen LogP contribution is -2.58. The van der Waals surface area contributed by atoms with Crippen LogP contribution in [-0.4, -0.2) is 24.4 Å². The number of hydrogen-bond donors (Lipinski definition) is 2. The third-order valence-corrected chi connectivity index (χ3v) is 3.93. The van der Waals surface area contributed by atoms with Gasteiger partial charge in [-0.3, -0.25) is 14.9 Å². The van der Waals surface area contributed by atoms with Gasteiger partial charge in [-0.2, -0.15) is 0 Å². The van der Waals surface area contributed by atoms with Crippen LogP contribution in [0, 0.1) is 0 Å². The first-order valence-electron chi connectivity index (χ1n) is 6.59. The number of anilines is 1. The number of carbonyl (C=O) groups excluding carboxylic acids is 2. The SMILES string of the molecule is CCC1C(=O)NC(=O)CN1c1cc(Br)ccc1C(C)N. The van der Waals surface area contributed by atoms with E-state index in [-0.39, 0.29) is 30.4 Å². The van der Waals surface area contributed by atoms with Crippen molar-refractivity contribution < 1.29 is 9.59 Å². The molecule has 1 heterocycles. The molecule has 2 atom stereocenters. The predicted molar refractivity (Wildman–Crippen MR) is 81.3 cm³/mol. The van der Waals surface area contributed by atoms with E-state index in [1.54, 1.807) is 0 Å². The van der Waals surface area contributed by atoms with Crippen molar-refractivity contribution in [1.29, 1.82) is 0 Å². The number of benzene rings is 1. The molecule has 0 saturated carbocycles. The van der Waals surface area contributed by atoms with Crippen molar-refractivity contribution in [2.45, 2.75) is 32.4 Å². The summed E-state index contributed by atoms with van der Waals surface area (Å²) in [7, 11) is 0. The third kappa shape index (κ3) is 2.86. The molecule has 3 N–H and O–H groups in total. The molecule has 2 amide bonds. The molecule has 1 aromatic carbocycles. The second-order valence-electron chi connectivity index (χ2n) is 4.96. The molecule has 1 aromatic rings. The van der Waals surface area contributed by atoms with Crippen molar-refractivity contribution >= 4 is 33.4 Å². The van der Waals surface area contributed by atoms with Gasteiger partial charge in [0, 0.05) is 16.2 Å². The highest BCUT2D eigenvalue weighted by Crippen LogP contribution is 2.31. The highest BCUT2D eigenvalue weighted by molar-refractivity contribution is 9.10. The van der Waals surface area contributed by atoms with Gasteiger partial charge in [0.05, 0.1) is 6.54 Å². The molecule has 2 unspecified atom stereocenters. The fourth-order valence-electron chi connectivity index (χ4n) is 2.48. The van der Waals surface area contributed by atoms with Crippen LogP contribution < -0.4 is 16.0 Å². The smallest absolute Gasteiger partial charge is 0.249 e. The minimum absolute atomic E-state index is 0.167. The molecule has 20 heavy (non-hydrogen) atoms. The van der Waals surface area contributed by atoms with Crippen LogP contribution in [0.5, 0.6) is 0 Å². The Balaban J connectivity index is 2.49. The average Bonchev–Trinajstić information content (AvgIpc) is 2.37. The lowest BCUT2D eigenvalue weighted by Gasteiger charge is -2.37. The minimum Gasteiger partial charge on any atom is -0.350 e. The van der Waals surface area contributed by atoms with Gasteiger partial charge < -0.3 is 10.6 Å². The minimum atomic E-state index is -0.348. The summed E-state index contributed by atoms with van der Waals surface area (Å²) >= 11 is 3.43. The Morgan fingerprint density at radius 3 is 2.80 bits per heavy atom. The normalized spacial score (nSPS) is 20.8. The number of carbonyl (C=O) groups is 2. The Hall–Kier alpha value is -1.40. The van der Waals surface area contributed by atoms with E-state index in [0.29, 0.717) is 6.42 Å². The van der Waals surface area contributed by atoms with Crippen molar-refractivity contribution in [2.75, 3.05) is 11.4 Å². The highest BCUT2D eigenvalue weighted by Gasteiger charge is 2.33. The number of nitrogens with two attached hydrogens (primary N) is 1. The molecule has 5 nitrogen and oxygen atoms in total. The molecule has 2 rings (SSSR count). The van der Waals surface area contributed by atoms with Gasteiger partial charge in [-0.1, -0.05) is 28.9 Å². The monoisotopic (exact) mass is 339 g/mol. The van der Waals surface area contributed by atoms with Crippen LogP contribution in [0.25, 0.3) is 0 Å². The van der Waals surface area contributed by atoms with Crippen LogP contribution in [0.1, 0.15) is 31.9 Å². The van der Waals surface area contributed by atoms with E-state index in [2.05, 4.69) is 21.2 Å². The van der Waals surface area contributed by atoms with Gasteiger partial charge in [-0.15, -0.1) is 0 Å². The Labute approximate surface area is 126 Å². The molecular formula is C14H18BrN3O2. The van der Waals surface area contributed by atoms with Crippen LogP contribution in [0.2, 0.25) is 0 Å². The van der Waals surface area contributed by atoms with Gasteiger partial charge in [0.2, 0.25) is 11.8 Å². The van der Waals surface area contributed by atoms with Crippen LogP contribution in [0.15, 0.2) is 22.7 Å². The maximum absolute atomic E-state index is 12.0. The number of imide groups is 1. The number of halogens is 1. The van der Waals surface area contributed by atoms with Gasteiger partial charge in [0.1, 0.15) is 6.04 Å². The van der Waals surface area contributed by atoms with E-state index in [0.717, 1.165) is 15.7 Å². The van der Waals surface area contributed by atoms with Gasteiger partial charge in [-0.05, 0) is 31.0 Å². The molecule has 1 aliphatic rings. The number of nitrogens with zero attached hydrogens (tertiary/aromatic N) is 1. The molecule has 1 aliphatic heterocycles. The van der Waals surface area contributed by atoms with Crippen molar-refractivity contribution in [3.63, 3.8) is 0 Å². The molecule has 0 aliphatic carbocycles. The standard InChI is InChI=1S/C14H18BrN3O2/c1-3-11-14(20)17-13(19)7-18(11)12-6-9(15)4-5-10(12)8(2)16/h4-6,8,11H,3,7,16H2,1-2H3,(H,17,19,20). The Kier molecular flexibility index (Phi) is 4.45. The molecule has 0 bridgehead atoms. The van der Waals surface area contributed by atoms with Crippen molar-refractivity contribution in [3.05, 3.63) is 28.2 Å². The fraction of sp³-hybridized carbons (Fsp3) is 0.429. The van der Waals surface area contributed by atoms with E-state index in [4.69, 9.17) is 5.73 Å².